The summed E-state index contributed by atoms with van der Waals surface area (Å²) >= 11 is 1.52. The van der Waals surface area contributed by atoms with Crippen LogP contribution in [0, 0.1) is 0 Å². The molecule has 156 valence electrons. The molecule has 2 aromatic carbocycles. The Kier molecular flexibility index (Phi) is 6.74. The van der Waals surface area contributed by atoms with Crippen molar-refractivity contribution in [1.29, 1.82) is 0 Å². The molecule has 3 rings (SSSR count). The number of rotatable bonds is 8. The average Bonchev–Trinajstić information content (AvgIpc) is 2.75. The van der Waals surface area contributed by atoms with Crippen molar-refractivity contribution in [3.63, 3.8) is 0 Å². The molecule has 0 saturated heterocycles. The normalized spacial score (nSPS) is 14.6. The molecule has 7 heteroatoms. The lowest BCUT2D eigenvalue weighted by molar-refractivity contribution is 0.306. The number of ether oxygens (including phenoxy) is 1. The predicted octanol–water partition coefficient (Wildman–Crippen LogP) is 5.72. The number of hydrogen-bond donors (Lipinski definition) is 2. The van der Waals surface area contributed by atoms with E-state index in [9.17, 15) is 8.42 Å². The molecule has 1 aliphatic rings. The van der Waals surface area contributed by atoms with Crippen LogP contribution in [0.2, 0.25) is 0 Å². The lowest BCUT2D eigenvalue weighted by Gasteiger charge is -2.17. The largest absolute Gasteiger partial charge is 0.495 e. The van der Waals surface area contributed by atoms with Gasteiger partial charge in [-0.3, -0.25) is 4.72 Å². The highest BCUT2D eigenvalue weighted by Gasteiger charge is 2.22. The van der Waals surface area contributed by atoms with E-state index in [2.05, 4.69) is 36.1 Å². The topological polar surface area (TPSA) is 81.4 Å². The highest BCUT2D eigenvalue weighted by atomic mass is 32.2. The number of thioether (sulfide) groups is 1. The second-order valence-electron chi connectivity index (χ2n) is 6.52. The van der Waals surface area contributed by atoms with Crippen molar-refractivity contribution >= 4 is 43.9 Å². The molecule has 0 amide bonds. The first-order valence-corrected chi connectivity index (χ1v) is 11.6. The maximum Gasteiger partial charge on any atom is 0.265 e. The Morgan fingerprint density at radius 1 is 1.20 bits per heavy atom. The van der Waals surface area contributed by atoms with E-state index in [0.717, 1.165) is 28.0 Å². The number of sulfonamides is 1. The molecule has 0 heterocycles. The van der Waals surface area contributed by atoms with Crippen LogP contribution in [-0.2, 0) is 14.8 Å². The van der Waals surface area contributed by atoms with Gasteiger partial charge in [0.15, 0.2) is 0 Å². The molecule has 0 radical (unpaired) electrons. The van der Waals surface area contributed by atoms with Crippen LogP contribution in [0.1, 0.15) is 12.8 Å². The van der Waals surface area contributed by atoms with Gasteiger partial charge in [0.05, 0.1) is 18.5 Å². The van der Waals surface area contributed by atoms with Crippen LogP contribution in [0.25, 0.3) is 10.8 Å². The van der Waals surface area contributed by atoms with E-state index >= 15 is 0 Å². The zero-order valence-corrected chi connectivity index (χ0v) is 18.4. The zero-order chi connectivity index (χ0) is 21.7. The van der Waals surface area contributed by atoms with E-state index < -0.39 is 10.0 Å². The highest BCUT2D eigenvalue weighted by Crippen LogP contribution is 2.41. The summed E-state index contributed by atoms with van der Waals surface area (Å²) in [4.78, 5) is 1.77. The average molecular weight is 441 g/mol. The number of nitrogen functional groups attached to an aromatic ring is 1. The fraction of sp³-hybridized carbons (Fsp3) is 0.130. The molecule has 30 heavy (non-hydrogen) atoms. The fourth-order valence-corrected chi connectivity index (χ4v) is 5.40. The van der Waals surface area contributed by atoms with Crippen molar-refractivity contribution in [1.82, 2.24) is 0 Å². The minimum absolute atomic E-state index is 0.0898. The number of benzene rings is 2. The number of anilines is 2. The van der Waals surface area contributed by atoms with Crippen molar-refractivity contribution < 1.29 is 13.2 Å². The van der Waals surface area contributed by atoms with Crippen LogP contribution in [0.5, 0.6) is 0 Å². The number of nitrogens with two attached hydrogens (primary N) is 1. The van der Waals surface area contributed by atoms with Crippen LogP contribution in [0.3, 0.4) is 0 Å². The standard InChI is InChI=1S/C23H24N2O3S2/c1-4-20(28-3)22(5-2)30(26,27)25-19-15-21(29-16-11-7-6-8-12-16)23(24)18-14-10-9-13-17(18)19/h4-5,7,9-15,25H,1-2,6,8,24H2,3H3/b22-20-. The van der Waals surface area contributed by atoms with E-state index in [4.69, 9.17) is 10.5 Å². The third-order valence-corrected chi connectivity index (χ3v) is 7.14. The summed E-state index contributed by atoms with van der Waals surface area (Å²) in [6.45, 7) is 7.22. The first-order chi connectivity index (χ1) is 14.4. The van der Waals surface area contributed by atoms with Crippen molar-refractivity contribution in [2.45, 2.75) is 17.7 Å². The third kappa shape index (κ3) is 4.47. The summed E-state index contributed by atoms with van der Waals surface area (Å²) < 4.78 is 34.0. The van der Waals surface area contributed by atoms with E-state index in [1.54, 1.807) is 6.07 Å². The summed E-state index contributed by atoms with van der Waals surface area (Å²) in [6.07, 6.45) is 10.9. The minimum Gasteiger partial charge on any atom is -0.495 e. The van der Waals surface area contributed by atoms with Crippen LogP contribution < -0.4 is 10.5 Å². The molecular formula is C23H24N2O3S2. The number of methoxy groups -OCH3 is 1. The summed E-state index contributed by atoms with van der Waals surface area (Å²) in [6, 6.07) is 9.20. The van der Waals surface area contributed by atoms with E-state index in [0.29, 0.717) is 16.8 Å². The molecule has 5 nitrogen and oxygen atoms in total. The Bertz CT molecular complexity index is 1190. The molecule has 0 aromatic heterocycles. The molecule has 0 unspecified atom stereocenters. The van der Waals surface area contributed by atoms with Gasteiger partial charge >= 0.3 is 0 Å². The molecule has 0 spiro atoms. The van der Waals surface area contributed by atoms with Crippen molar-refractivity contribution in [2.24, 2.45) is 0 Å². The summed E-state index contributed by atoms with van der Waals surface area (Å²) in [5.74, 6) is 0.115. The van der Waals surface area contributed by atoms with Crippen LogP contribution >= 0.6 is 11.8 Å². The maximum atomic E-state index is 13.1. The van der Waals surface area contributed by atoms with Gasteiger partial charge in [-0.2, -0.15) is 0 Å². The first-order valence-electron chi connectivity index (χ1n) is 9.33. The second kappa shape index (κ2) is 9.28. The number of allylic oxidation sites excluding steroid dienone is 5. The molecule has 0 fully saturated rings. The Hall–Kier alpha value is -2.90. The molecule has 2 aromatic rings. The molecular weight excluding hydrogens is 416 g/mol. The first kappa shape index (κ1) is 21.8. The van der Waals surface area contributed by atoms with Crippen LogP contribution in [-0.4, -0.2) is 15.5 Å². The van der Waals surface area contributed by atoms with Crippen molar-refractivity contribution in [3.05, 3.63) is 89.4 Å². The van der Waals surface area contributed by atoms with E-state index in [1.807, 2.05) is 24.3 Å². The van der Waals surface area contributed by atoms with Crippen molar-refractivity contribution in [3.8, 4) is 0 Å². The summed E-state index contributed by atoms with van der Waals surface area (Å²) in [5, 5.41) is 1.48. The van der Waals surface area contributed by atoms with Gasteiger partial charge in [0, 0.05) is 20.6 Å². The quantitative estimate of drug-likeness (QED) is 0.312. The lowest BCUT2D eigenvalue weighted by atomic mass is 10.1. The smallest absolute Gasteiger partial charge is 0.265 e. The summed E-state index contributed by atoms with van der Waals surface area (Å²) in [7, 11) is -2.58. The predicted molar refractivity (Wildman–Crippen MR) is 128 cm³/mol. The number of hydrogen-bond acceptors (Lipinski definition) is 5. The van der Waals surface area contributed by atoms with Gasteiger partial charge in [0.1, 0.15) is 10.7 Å². The highest BCUT2D eigenvalue weighted by molar-refractivity contribution is 8.03. The van der Waals surface area contributed by atoms with Gasteiger partial charge in [0.2, 0.25) is 0 Å². The van der Waals surface area contributed by atoms with Gasteiger partial charge in [-0.25, -0.2) is 8.42 Å². The van der Waals surface area contributed by atoms with Gasteiger partial charge < -0.3 is 10.5 Å². The lowest BCUT2D eigenvalue weighted by Crippen LogP contribution is -2.16. The number of fused-ring (bicyclic) bond motifs is 1. The number of nitrogens with one attached hydrogen (secondary N) is 1. The Labute approximate surface area is 181 Å². The molecule has 1 aliphatic carbocycles. The molecule has 0 aliphatic heterocycles. The zero-order valence-electron chi connectivity index (χ0n) is 16.7. The SMILES string of the molecule is C=C/C(OC)=C(\C=C)S(=O)(=O)Nc1cc(SC2=CCCC=C2)c(N)c2ccccc12. The minimum atomic E-state index is -3.97. The van der Waals surface area contributed by atoms with E-state index in [-0.39, 0.29) is 10.7 Å². The second-order valence-corrected chi connectivity index (χ2v) is 9.28. The summed E-state index contributed by atoms with van der Waals surface area (Å²) in [5.41, 5.74) is 7.48. The van der Waals surface area contributed by atoms with E-state index in [1.165, 1.54) is 31.0 Å². The maximum absolute atomic E-state index is 13.1. The van der Waals surface area contributed by atoms with Gasteiger partial charge in [-0.15, -0.1) is 0 Å². The van der Waals surface area contributed by atoms with Gasteiger partial charge in [-0.1, -0.05) is 67.4 Å². The van der Waals surface area contributed by atoms with Gasteiger partial charge in [-0.05, 0) is 31.1 Å². The van der Waals surface area contributed by atoms with Gasteiger partial charge in [0.25, 0.3) is 10.0 Å². The molecule has 0 saturated carbocycles. The van der Waals surface area contributed by atoms with Crippen LogP contribution in [0.4, 0.5) is 11.4 Å². The Balaban J connectivity index is 2.13. The Morgan fingerprint density at radius 2 is 1.93 bits per heavy atom. The monoisotopic (exact) mass is 440 g/mol. The fourth-order valence-electron chi connectivity index (χ4n) is 3.16. The third-order valence-electron chi connectivity index (χ3n) is 4.60. The Morgan fingerprint density at radius 3 is 2.53 bits per heavy atom. The van der Waals surface area contributed by atoms with Crippen molar-refractivity contribution in [2.75, 3.05) is 17.6 Å². The molecule has 0 bridgehead atoms. The van der Waals surface area contributed by atoms with Crippen LogP contribution in [0.15, 0.2) is 94.3 Å². The molecule has 0 atom stereocenters. The molecule has 3 N–H and O–H groups in total.